The Morgan fingerprint density at radius 1 is 1.19 bits per heavy atom. The first-order chi connectivity index (χ1) is 10.1. The second-order valence-electron chi connectivity index (χ2n) is 5.58. The third-order valence-corrected chi connectivity index (χ3v) is 7.48. The molecule has 0 spiro atoms. The van der Waals surface area contributed by atoms with Crippen LogP contribution in [0.4, 0.5) is 0 Å². The van der Waals surface area contributed by atoms with Gasteiger partial charge in [0.05, 0.1) is 18.1 Å². The largest absolute Gasteiger partial charge is 0.490 e. The van der Waals surface area contributed by atoms with Gasteiger partial charge in [0.1, 0.15) is 0 Å². The monoisotopic (exact) mass is 327 g/mol. The highest BCUT2D eigenvalue weighted by molar-refractivity contribution is 8.00. The second kappa shape index (κ2) is 5.07. The minimum Gasteiger partial charge on any atom is -0.490 e. The minimum atomic E-state index is -3.43. The normalized spacial score (nSPS) is 28.6. The van der Waals surface area contributed by atoms with Crippen molar-refractivity contribution in [1.82, 2.24) is 4.31 Å². The van der Waals surface area contributed by atoms with Crippen molar-refractivity contribution in [3.63, 3.8) is 0 Å². The minimum absolute atomic E-state index is 0.154. The summed E-state index contributed by atoms with van der Waals surface area (Å²) < 4.78 is 38.4. The van der Waals surface area contributed by atoms with Crippen LogP contribution in [0.3, 0.4) is 0 Å². The van der Waals surface area contributed by atoms with Crippen molar-refractivity contribution in [3.8, 4) is 11.5 Å². The summed E-state index contributed by atoms with van der Waals surface area (Å²) in [6, 6.07) is 5.09. The molecule has 0 aromatic heterocycles. The fourth-order valence-corrected chi connectivity index (χ4v) is 6.42. The summed E-state index contributed by atoms with van der Waals surface area (Å²) in [6.07, 6.45) is 1.79. The second-order valence-corrected chi connectivity index (χ2v) is 8.80. The zero-order chi connectivity index (χ0) is 14.4. The Hall–Kier alpha value is -0.920. The molecule has 0 radical (unpaired) electrons. The third-order valence-electron chi connectivity index (χ3n) is 4.18. The van der Waals surface area contributed by atoms with Gasteiger partial charge in [0.2, 0.25) is 10.0 Å². The Balaban J connectivity index is 1.68. The lowest BCUT2D eigenvalue weighted by Crippen LogP contribution is -2.39. The molecule has 21 heavy (non-hydrogen) atoms. The average Bonchev–Trinajstić information content (AvgIpc) is 3.03. The van der Waals surface area contributed by atoms with E-state index in [0.29, 0.717) is 41.4 Å². The van der Waals surface area contributed by atoms with Crippen molar-refractivity contribution in [2.45, 2.75) is 29.0 Å². The SMILES string of the molecule is O=S(=O)(c1ccc2c(c1)OCCCO2)N1CC2CC1CS2. The molecule has 2 atom stereocenters. The van der Waals surface area contributed by atoms with Crippen molar-refractivity contribution in [1.29, 1.82) is 0 Å². The van der Waals surface area contributed by atoms with Gasteiger partial charge in [-0.15, -0.1) is 0 Å². The molecular formula is C14H17NO4S2. The van der Waals surface area contributed by atoms with Gasteiger partial charge in [-0.05, 0) is 18.6 Å². The predicted molar refractivity (Wildman–Crippen MR) is 80.6 cm³/mol. The number of rotatable bonds is 2. The van der Waals surface area contributed by atoms with E-state index in [2.05, 4.69) is 0 Å². The summed E-state index contributed by atoms with van der Waals surface area (Å²) >= 11 is 1.88. The van der Waals surface area contributed by atoms with Gasteiger partial charge in [0, 0.05) is 36.1 Å². The van der Waals surface area contributed by atoms with Crippen LogP contribution in [-0.2, 0) is 10.0 Å². The van der Waals surface area contributed by atoms with Crippen LogP contribution in [0.25, 0.3) is 0 Å². The first-order valence-electron chi connectivity index (χ1n) is 7.18. The highest BCUT2D eigenvalue weighted by Crippen LogP contribution is 2.41. The number of hydrogen-bond donors (Lipinski definition) is 0. The zero-order valence-corrected chi connectivity index (χ0v) is 13.2. The predicted octanol–water partition coefficient (Wildman–Crippen LogP) is 1.73. The maximum atomic E-state index is 12.8. The molecule has 4 rings (SSSR count). The summed E-state index contributed by atoms with van der Waals surface area (Å²) in [6.45, 7) is 1.79. The Morgan fingerprint density at radius 3 is 2.71 bits per heavy atom. The first-order valence-corrected chi connectivity index (χ1v) is 9.66. The highest BCUT2D eigenvalue weighted by atomic mass is 32.2. The lowest BCUT2D eigenvalue weighted by atomic mass is 10.3. The maximum absolute atomic E-state index is 12.8. The van der Waals surface area contributed by atoms with Crippen molar-refractivity contribution in [2.75, 3.05) is 25.5 Å². The summed E-state index contributed by atoms with van der Waals surface area (Å²) in [5.74, 6) is 2.08. The molecular weight excluding hydrogens is 310 g/mol. The van der Waals surface area contributed by atoms with Crippen LogP contribution in [0.2, 0.25) is 0 Å². The van der Waals surface area contributed by atoms with Gasteiger partial charge in [0.15, 0.2) is 11.5 Å². The number of sulfonamides is 1. The van der Waals surface area contributed by atoms with E-state index in [1.165, 1.54) is 0 Å². The number of ether oxygens (including phenoxy) is 2. The molecule has 0 aliphatic carbocycles. The van der Waals surface area contributed by atoms with E-state index in [-0.39, 0.29) is 6.04 Å². The van der Waals surface area contributed by atoms with Crippen LogP contribution in [0.1, 0.15) is 12.8 Å². The Bertz CT molecular complexity index is 661. The fourth-order valence-electron chi connectivity index (χ4n) is 3.10. The lowest BCUT2D eigenvalue weighted by molar-refractivity contribution is 0.296. The standard InChI is InChI=1S/C14H17NO4S2/c16-21(17,15-8-11-6-10(15)9-20-11)12-2-3-13-14(7-12)19-5-1-4-18-13/h2-3,7,10-11H,1,4-6,8-9H2. The van der Waals surface area contributed by atoms with Gasteiger partial charge in [0.25, 0.3) is 0 Å². The lowest BCUT2D eigenvalue weighted by Gasteiger charge is -2.26. The van der Waals surface area contributed by atoms with Crippen molar-refractivity contribution in [2.24, 2.45) is 0 Å². The molecule has 2 bridgehead atoms. The Morgan fingerprint density at radius 2 is 2.00 bits per heavy atom. The molecule has 3 aliphatic rings. The number of benzene rings is 1. The van der Waals surface area contributed by atoms with Crippen molar-refractivity contribution < 1.29 is 17.9 Å². The van der Waals surface area contributed by atoms with Crippen LogP contribution in [0.15, 0.2) is 23.1 Å². The van der Waals surface area contributed by atoms with E-state index in [0.717, 1.165) is 18.6 Å². The number of fused-ring (bicyclic) bond motifs is 3. The van der Waals surface area contributed by atoms with Crippen LogP contribution < -0.4 is 9.47 Å². The average molecular weight is 327 g/mol. The van der Waals surface area contributed by atoms with E-state index in [4.69, 9.17) is 9.47 Å². The van der Waals surface area contributed by atoms with E-state index < -0.39 is 10.0 Å². The molecule has 1 aromatic rings. The number of hydrogen-bond acceptors (Lipinski definition) is 5. The van der Waals surface area contributed by atoms with Gasteiger partial charge in [-0.3, -0.25) is 0 Å². The third kappa shape index (κ3) is 2.31. The van der Waals surface area contributed by atoms with E-state index in [9.17, 15) is 8.42 Å². The summed E-state index contributed by atoms with van der Waals surface area (Å²) in [7, 11) is -3.43. The molecule has 0 saturated carbocycles. The van der Waals surface area contributed by atoms with Crippen LogP contribution in [0.5, 0.6) is 11.5 Å². The smallest absolute Gasteiger partial charge is 0.243 e. The first kappa shape index (κ1) is 13.7. The van der Waals surface area contributed by atoms with Gasteiger partial charge in [-0.25, -0.2) is 8.42 Å². The van der Waals surface area contributed by atoms with E-state index >= 15 is 0 Å². The summed E-state index contributed by atoms with van der Waals surface area (Å²) in [4.78, 5) is 0.310. The molecule has 5 nitrogen and oxygen atoms in total. The molecule has 7 heteroatoms. The Kier molecular flexibility index (Phi) is 3.31. The fraction of sp³-hybridized carbons (Fsp3) is 0.571. The molecule has 2 fully saturated rings. The molecule has 2 unspecified atom stereocenters. The van der Waals surface area contributed by atoms with Gasteiger partial charge in [-0.1, -0.05) is 0 Å². The maximum Gasteiger partial charge on any atom is 0.243 e. The number of thioether (sulfide) groups is 1. The van der Waals surface area contributed by atoms with Crippen LogP contribution >= 0.6 is 11.8 Å². The molecule has 2 saturated heterocycles. The highest BCUT2D eigenvalue weighted by Gasteiger charge is 2.45. The van der Waals surface area contributed by atoms with E-state index in [1.54, 1.807) is 22.5 Å². The molecule has 3 aliphatic heterocycles. The Labute approximate surface area is 128 Å². The van der Waals surface area contributed by atoms with Gasteiger partial charge >= 0.3 is 0 Å². The van der Waals surface area contributed by atoms with Crippen molar-refractivity contribution in [3.05, 3.63) is 18.2 Å². The van der Waals surface area contributed by atoms with Crippen molar-refractivity contribution >= 4 is 21.8 Å². The summed E-state index contributed by atoms with van der Waals surface area (Å²) in [5.41, 5.74) is 0. The van der Waals surface area contributed by atoms with Crippen LogP contribution in [-0.4, -0.2) is 49.5 Å². The molecule has 3 heterocycles. The molecule has 0 N–H and O–H groups in total. The van der Waals surface area contributed by atoms with E-state index in [1.807, 2.05) is 11.8 Å². The topological polar surface area (TPSA) is 55.8 Å². The van der Waals surface area contributed by atoms with Gasteiger partial charge in [-0.2, -0.15) is 16.1 Å². The molecule has 0 amide bonds. The van der Waals surface area contributed by atoms with Gasteiger partial charge < -0.3 is 9.47 Å². The number of nitrogens with zero attached hydrogens (tertiary/aromatic N) is 1. The van der Waals surface area contributed by atoms with Crippen LogP contribution in [0, 0.1) is 0 Å². The molecule has 114 valence electrons. The zero-order valence-electron chi connectivity index (χ0n) is 11.5. The quantitative estimate of drug-likeness (QED) is 0.828. The molecule has 1 aromatic carbocycles. The summed E-state index contributed by atoms with van der Waals surface area (Å²) in [5, 5.41) is 0.463.